The largest absolute Gasteiger partial charge is 0.395 e. The average molecular weight is 140 g/mol. The van der Waals surface area contributed by atoms with Crippen molar-refractivity contribution in [1.29, 1.82) is 0 Å². The average Bonchev–Trinajstić information content (AvgIpc) is 2.37. The van der Waals surface area contributed by atoms with Crippen LogP contribution in [-0.4, -0.2) is 21.3 Å². The van der Waals surface area contributed by atoms with E-state index in [1.807, 2.05) is 10.8 Å². The molecule has 0 aromatic carbocycles. The molecule has 0 aliphatic rings. The Balaban J connectivity index is 2.59. The molecule has 10 heavy (non-hydrogen) atoms. The van der Waals surface area contributed by atoms with E-state index in [4.69, 9.17) is 5.11 Å². The number of imidazole rings is 1. The lowest BCUT2D eigenvalue weighted by molar-refractivity contribution is 0.276. The molecule has 1 aromatic heterocycles. The second-order valence-corrected chi connectivity index (χ2v) is 2.18. The molecule has 0 saturated carbocycles. The molecule has 56 valence electrons. The number of aliphatic hydroxyl groups excluding tert-OH is 1. The molecule has 0 saturated heterocycles. The Bertz CT molecular complexity index is 195. The van der Waals surface area contributed by atoms with Gasteiger partial charge in [-0.15, -0.1) is 0 Å². The van der Waals surface area contributed by atoms with Gasteiger partial charge in [-0.2, -0.15) is 0 Å². The third kappa shape index (κ3) is 1.57. The Morgan fingerprint density at radius 3 is 3.00 bits per heavy atom. The SMILES string of the molecule is CCc1cn(CCO)cn1. The van der Waals surface area contributed by atoms with Gasteiger partial charge in [0.15, 0.2) is 0 Å². The van der Waals surface area contributed by atoms with Gasteiger partial charge in [0.2, 0.25) is 0 Å². The van der Waals surface area contributed by atoms with E-state index in [1.54, 1.807) is 6.33 Å². The summed E-state index contributed by atoms with van der Waals surface area (Å²) >= 11 is 0. The third-order valence-corrected chi connectivity index (χ3v) is 1.41. The molecule has 0 aliphatic heterocycles. The Hall–Kier alpha value is -0.830. The van der Waals surface area contributed by atoms with Crippen molar-refractivity contribution < 1.29 is 5.11 Å². The van der Waals surface area contributed by atoms with Crippen LogP contribution in [0.5, 0.6) is 0 Å². The highest BCUT2D eigenvalue weighted by atomic mass is 16.3. The molecule has 0 fully saturated rings. The number of hydrogen-bond donors (Lipinski definition) is 1. The Labute approximate surface area is 60.3 Å². The number of hydrogen-bond acceptors (Lipinski definition) is 2. The lowest BCUT2D eigenvalue weighted by Crippen LogP contribution is -1.97. The lowest BCUT2D eigenvalue weighted by atomic mass is 10.4. The Morgan fingerprint density at radius 1 is 1.70 bits per heavy atom. The molecule has 3 nitrogen and oxygen atoms in total. The zero-order chi connectivity index (χ0) is 7.40. The smallest absolute Gasteiger partial charge is 0.0950 e. The molecule has 1 heterocycles. The normalized spacial score (nSPS) is 10.2. The highest BCUT2D eigenvalue weighted by Gasteiger charge is 1.93. The minimum absolute atomic E-state index is 0.180. The fourth-order valence-corrected chi connectivity index (χ4v) is 0.827. The highest BCUT2D eigenvalue weighted by molar-refractivity contribution is 4.95. The van der Waals surface area contributed by atoms with Crippen molar-refractivity contribution in [1.82, 2.24) is 9.55 Å². The summed E-state index contributed by atoms with van der Waals surface area (Å²) in [6, 6.07) is 0. The number of aliphatic hydroxyl groups is 1. The zero-order valence-electron chi connectivity index (χ0n) is 6.12. The summed E-state index contributed by atoms with van der Waals surface area (Å²) in [4.78, 5) is 4.11. The van der Waals surface area contributed by atoms with Crippen molar-refractivity contribution in [3.05, 3.63) is 18.2 Å². The van der Waals surface area contributed by atoms with Crippen LogP contribution in [0.1, 0.15) is 12.6 Å². The molecular formula is C7H12N2O. The summed E-state index contributed by atoms with van der Waals surface area (Å²) in [5, 5.41) is 8.55. The molecule has 1 rings (SSSR count). The standard InChI is InChI=1S/C7H12N2O/c1-2-7-5-9(3-4-10)6-8-7/h5-6,10H,2-4H2,1H3. The maximum atomic E-state index is 8.55. The van der Waals surface area contributed by atoms with Crippen LogP contribution in [0.3, 0.4) is 0 Å². The molecule has 1 aromatic rings. The number of aryl methyl sites for hydroxylation is 1. The molecule has 1 N–H and O–H groups in total. The van der Waals surface area contributed by atoms with Crippen molar-refractivity contribution >= 4 is 0 Å². The Morgan fingerprint density at radius 2 is 2.50 bits per heavy atom. The maximum Gasteiger partial charge on any atom is 0.0950 e. The molecule has 0 unspecified atom stereocenters. The number of aromatic nitrogens is 2. The van der Waals surface area contributed by atoms with Crippen molar-refractivity contribution in [2.45, 2.75) is 19.9 Å². The number of rotatable bonds is 3. The highest BCUT2D eigenvalue weighted by Crippen LogP contribution is 1.95. The molecule has 0 spiro atoms. The Kier molecular flexibility index (Phi) is 2.45. The van der Waals surface area contributed by atoms with Gasteiger partial charge in [-0.1, -0.05) is 6.92 Å². The summed E-state index contributed by atoms with van der Waals surface area (Å²) < 4.78 is 1.89. The van der Waals surface area contributed by atoms with Crippen molar-refractivity contribution in [2.75, 3.05) is 6.61 Å². The van der Waals surface area contributed by atoms with E-state index >= 15 is 0 Å². The number of nitrogens with zero attached hydrogens (tertiary/aromatic N) is 2. The minimum Gasteiger partial charge on any atom is -0.395 e. The van der Waals surface area contributed by atoms with Crippen LogP contribution < -0.4 is 0 Å². The fraction of sp³-hybridized carbons (Fsp3) is 0.571. The fourth-order valence-electron chi connectivity index (χ4n) is 0.827. The van der Waals surface area contributed by atoms with E-state index in [2.05, 4.69) is 11.9 Å². The molecule has 0 radical (unpaired) electrons. The van der Waals surface area contributed by atoms with Gasteiger partial charge < -0.3 is 9.67 Å². The first-order valence-electron chi connectivity index (χ1n) is 3.48. The van der Waals surface area contributed by atoms with Crippen molar-refractivity contribution in [3.8, 4) is 0 Å². The van der Waals surface area contributed by atoms with Gasteiger partial charge in [-0.3, -0.25) is 0 Å². The van der Waals surface area contributed by atoms with Crippen molar-refractivity contribution in [3.63, 3.8) is 0 Å². The van der Waals surface area contributed by atoms with E-state index in [0.29, 0.717) is 6.54 Å². The molecule has 0 atom stereocenters. The van der Waals surface area contributed by atoms with Crippen LogP contribution >= 0.6 is 0 Å². The monoisotopic (exact) mass is 140 g/mol. The molecule has 3 heteroatoms. The quantitative estimate of drug-likeness (QED) is 0.661. The molecule has 0 bridgehead atoms. The van der Waals surface area contributed by atoms with Gasteiger partial charge in [0.05, 0.1) is 18.6 Å². The summed E-state index contributed by atoms with van der Waals surface area (Å²) in [5.41, 5.74) is 1.08. The van der Waals surface area contributed by atoms with Gasteiger partial charge in [0.1, 0.15) is 0 Å². The van der Waals surface area contributed by atoms with Crippen LogP contribution in [0.4, 0.5) is 0 Å². The van der Waals surface area contributed by atoms with E-state index < -0.39 is 0 Å². The van der Waals surface area contributed by atoms with Crippen LogP contribution in [0.25, 0.3) is 0 Å². The third-order valence-electron chi connectivity index (χ3n) is 1.41. The summed E-state index contributed by atoms with van der Waals surface area (Å²) in [6.45, 7) is 2.89. The lowest BCUT2D eigenvalue weighted by Gasteiger charge is -1.93. The van der Waals surface area contributed by atoms with Gasteiger partial charge in [-0.05, 0) is 6.42 Å². The van der Waals surface area contributed by atoms with E-state index in [9.17, 15) is 0 Å². The van der Waals surface area contributed by atoms with Crippen LogP contribution in [0.15, 0.2) is 12.5 Å². The second-order valence-electron chi connectivity index (χ2n) is 2.18. The first kappa shape index (κ1) is 7.28. The van der Waals surface area contributed by atoms with E-state index in [-0.39, 0.29) is 6.61 Å². The minimum atomic E-state index is 0.180. The van der Waals surface area contributed by atoms with Gasteiger partial charge in [0.25, 0.3) is 0 Å². The second kappa shape index (κ2) is 3.37. The van der Waals surface area contributed by atoms with Crippen LogP contribution in [-0.2, 0) is 13.0 Å². The summed E-state index contributed by atoms with van der Waals surface area (Å²) in [5.74, 6) is 0. The van der Waals surface area contributed by atoms with Gasteiger partial charge in [0, 0.05) is 12.7 Å². The van der Waals surface area contributed by atoms with Gasteiger partial charge in [-0.25, -0.2) is 4.98 Å². The predicted molar refractivity (Wildman–Crippen MR) is 38.7 cm³/mol. The van der Waals surface area contributed by atoms with E-state index in [0.717, 1.165) is 12.1 Å². The predicted octanol–water partition coefficient (Wildman–Crippen LogP) is 0.438. The van der Waals surface area contributed by atoms with Crippen molar-refractivity contribution in [2.24, 2.45) is 0 Å². The molecule has 0 aliphatic carbocycles. The topological polar surface area (TPSA) is 38.0 Å². The maximum absolute atomic E-state index is 8.55. The summed E-state index contributed by atoms with van der Waals surface area (Å²) in [7, 11) is 0. The zero-order valence-corrected chi connectivity index (χ0v) is 6.12. The van der Waals surface area contributed by atoms with Crippen LogP contribution in [0, 0.1) is 0 Å². The first-order chi connectivity index (χ1) is 4.86. The summed E-state index contributed by atoms with van der Waals surface area (Å²) in [6.07, 6.45) is 4.66. The van der Waals surface area contributed by atoms with Crippen LogP contribution in [0.2, 0.25) is 0 Å². The van der Waals surface area contributed by atoms with Gasteiger partial charge >= 0.3 is 0 Å². The molecular weight excluding hydrogens is 128 g/mol. The molecule has 0 amide bonds. The first-order valence-corrected chi connectivity index (χ1v) is 3.48. The van der Waals surface area contributed by atoms with E-state index in [1.165, 1.54) is 0 Å².